The Hall–Kier alpha value is -1.61. The third-order valence-electron chi connectivity index (χ3n) is 6.36. The van der Waals surface area contributed by atoms with Gasteiger partial charge in [-0.1, -0.05) is 23.8 Å². The van der Waals surface area contributed by atoms with Crippen LogP contribution in [-0.4, -0.2) is 105 Å². The van der Waals surface area contributed by atoms with E-state index in [9.17, 15) is 30.3 Å². The predicted octanol–water partition coefficient (Wildman–Crippen LogP) is -1.13. The number of carboxylic acids is 1. The highest BCUT2D eigenvalue weighted by molar-refractivity contribution is 6.31. The Morgan fingerprint density at radius 1 is 1.26 bits per heavy atom. The monoisotopic (exact) mass is 521 g/mol. The molecule has 3 unspecified atom stereocenters. The van der Waals surface area contributed by atoms with Crippen LogP contribution in [-0.2, 0) is 20.8 Å². The van der Waals surface area contributed by atoms with Crippen LogP contribution in [0.1, 0.15) is 19.3 Å². The average molecular weight is 522 g/mol. The largest absolute Gasteiger partial charge is 0.479 e. The number of alkyl halides is 1. The number of carbonyl (C=O) groups is 1. The first-order valence-electron chi connectivity index (χ1n) is 10.5. The molecule has 188 valence electrons. The lowest BCUT2D eigenvalue weighted by Gasteiger charge is -2.40. The summed E-state index contributed by atoms with van der Waals surface area (Å²) in [5.74, 6) is -1.56. The van der Waals surface area contributed by atoms with Crippen molar-refractivity contribution < 1.29 is 44.9 Å². The number of rotatable bonds is 8. The maximum absolute atomic E-state index is 11.4. The number of aromatic nitrogens is 3. The molecule has 1 aliphatic heterocycles. The number of carboxylic acid groups (broad SMARTS) is 1. The molecule has 1 aromatic heterocycles. The van der Waals surface area contributed by atoms with Gasteiger partial charge in [-0.25, -0.2) is 14.5 Å². The summed E-state index contributed by atoms with van der Waals surface area (Å²) in [6.07, 6.45) is -4.80. The molecule has 0 bridgehead atoms. The van der Waals surface area contributed by atoms with Crippen LogP contribution in [0.2, 0.25) is 0 Å². The van der Waals surface area contributed by atoms with Crippen molar-refractivity contribution in [3.63, 3.8) is 0 Å². The van der Waals surface area contributed by atoms with E-state index in [1.54, 1.807) is 0 Å². The molecule has 4 rings (SSSR count). The van der Waals surface area contributed by atoms with Gasteiger partial charge in [0.05, 0.1) is 16.5 Å². The van der Waals surface area contributed by atoms with E-state index in [1.807, 2.05) is 0 Å². The van der Waals surface area contributed by atoms with E-state index in [4.69, 9.17) is 37.8 Å². The molecule has 0 radical (unpaired) electrons. The van der Waals surface area contributed by atoms with Crippen molar-refractivity contribution >= 4 is 29.2 Å². The van der Waals surface area contributed by atoms with E-state index in [0.29, 0.717) is 18.4 Å². The van der Waals surface area contributed by atoms with Gasteiger partial charge in [0.25, 0.3) is 0 Å². The summed E-state index contributed by atoms with van der Waals surface area (Å²) >= 11 is 13.0. The van der Waals surface area contributed by atoms with Gasteiger partial charge in [-0.05, 0) is 18.4 Å². The number of aliphatic hydroxyl groups is 5. The van der Waals surface area contributed by atoms with Crippen molar-refractivity contribution in [3.8, 4) is 0 Å². The first-order valence-corrected chi connectivity index (χ1v) is 11.3. The minimum absolute atomic E-state index is 0.00990. The third-order valence-corrected chi connectivity index (χ3v) is 7.56. The molecule has 0 aromatic carbocycles. The summed E-state index contributed by atoms with van der Waals surface area (Å²) in [5.41, 5.74) is -1.06. The molecule has 3 aliphatic rings. The second-order valence-corrected chi connectivity index (χ2v) is 9.91. The number of hydrogen-bond donors (Lipinski definition) is 6. The minimum atomic E-state index is -1.87. The standard InChI is InChI=1S/C20H25Cl2N3O9/c21-11-9(5-20(32,19(22)3-4-19)6-25-8-23-7-24-25)1-2-10(12(11)26)33-18-15(29)13(27)14(28)16(34-18)17(30)31/h1-2,7-8,10,12-16,18,26-29,32H,3-6H2,(H,30,31)/t10?,12?,13-,14-,15+,16-,18-,20?/m0/s1. The molecule has 2 fully saturated rings. The van der Waals surface area contributed by atoms with Crippen molar-refractivity contribution in [2.45, 2.75) is 79.2 Å². The maximum Gasteiger partial charge on any atom is 0.335 e. The van der Waals surface area contributed by atoms with Crippen LogP contribution in [0, 0.1) is 0 Å². The molecule has 0 amide bonds. The molecular formula is C20H25Cl2N3O9. The third kappa shape index (κ3) is 4.74. The second kappa shape index (κ2) is 9.45. The van der Waals surface area contributed by atoms with Gasteiger partial charge >= 0.3 is 5.97 Å². The van der Waals surface area contributed by atoms with Crippen molar-refractivity contribution in [3.05, 3.63) is 35.4 Å². The van der Waals surface area contributed by atoms with Gasteiger partial charge in [-0.15, -0.1) is 11.6 Å². The Labute approximate surface area is 203 Å². The summed E-state index contributed by atoms with van der Waals surface area (Å²) < 4.78 is 12.0. The Balaban J connectivity index is 1.48. The van der Waals surface area contributed by atoms with Crippen LogP contribution in [0.4, 0.5) is 0 Å². The van der Waals surface area contributed by atoms with Gasteiger partial charge in [0.15, 0.2) is 12.4 Å². The minimum Gasteiger partial charge on any atom is -0.479 e. The molecule has 1 saturated carbocycles. The SMILES string of the molecule is O=C(O)[C@H]1O[C@H](OC2C=CC(CC(O)(Cn3cncn3)C3(Cl)CC3)=C(Cl)C2O)[C@H](O)[C@@H](O)[C@@H]1O. The summed E-state index contributed by atoms with van der Waals surface area (Å²) in [4.78, 5) is 14.3. The summed E-state index contributed by atoms with van der Waals surface area (Å²) in [6.45, 7) is 0.0485. The van der Waals surface area contributed by atoms with E-state index < -0.39 is 59.4 Å². The van der Waals surface area contributed by atoms with Crippen molar-refractivity contribution in [1.29, 1.82) is 0 Å². The van der Waals surface area contributed by atoms with Gasteiger partial charge in [0.2, 0.25) is 0 Å². The fourth-order valence-electron chi connectivity index (χ4n) is 4.14. The first-order chi connectivity index (χ1) is 16.0. The molecule has 8 atom stereocenters. The summed E-state index contributed by atoms with van der Waals surface area (Å²) in [6, 6.07) is 0. The normalized spacial score (nSPS) is 36.9. The highest BCUT2D eigenvalue weighted by atomic mass is 35.5. The van der Waals surface area contributed by atoms with Gasteiger partial charge in [-0.2, -0.15) is 5.10 Å². The van der Waals surface area contributed by atoms with E-state index in [2.05, 4.69) is 10.1 Å². The van der Waals surface area contributed by atoms with Crippen LogP contribution in [0.15, 0.2) is 35.4 Å². The fraction of sp³-hybridized carbons (Fsp3) is 0.650. The Morgan fingerprint density at radius 2 is 1.97 bits per heavy atom. The van der Waals surface area contributed by atoms with Crippen molar-refractivity contribution in [2.75, 3.05) is 0 Å². The summed E-state index contributed by atoms with van der Waals surface area (Å²) in [7, 11) is 0. The first kappa shape index (κ1) is 25.5. The number of aliphatic hydroxyl groups excluding tert-OH is 4. The van der Waals surface area contributed by atoms with Gasteiger partial charge in [0.1, 0.15) is 48.8 Å². The van der Waals surface area contributed by atoms with Crippen molar-refractivity contribution in [2.24, 2.45) is 0 Å². The quantitative estimate of drug-likeness (QED) is 0.227. The predicted molar refractivity (Wildman–Crippen MR) is 115 cm³/mol. The number of halogens is 2. The maximum atomic E-state index is 11.4. The second-order valence-electron chi connectivity index (χ2n) is 8.78. The highest BCUT2D eigenvalue weighted by Gasteiger charge is 2.58. The molecule has 1 aromatic rings. The molecule has 2 heterocycles. The molecular weight excluding hydrogens is 497 g/mol. The van der Waals surface area contributed by atoms with Gasteiger partial charge in [-0.3, -0.25) is 0 Å². The van der Waals surface area contributed by atoms with Crippen LogP contribution >= 0.6 is 23.2 Å². The van der Waals surface area contributed by atoms with Crippen LogP contribution in [0.3, 0.4) is 0 Å². The van der Waals surface area contributed by atoms with Gasteiger partial charge in [0, 0.05) is 6.42 Å². The van der Waals surface area contributed by atoms with Crippen LogP contribution in [0.5, 0.6) is 0 Å². The molecule has 1 saturated heterocycles. The van der Waals surface area contributed by atoms with Crippen molar-refractivity contribution in [1.82, 2.24) is 14.8 Å². The zero-order valence-corrected chi connectivity index (χ0v) is 19.2. The van der Waals surface area contributed by atoms with Crippen LogP contribution in [0.25, 0.3) is 0 Å². The Kier molecular flexibility index (Phi) is 7.08. The number of hydrogen-bond acceptors (Lipinski definition) is 10. The molecule has 2 aliphatic carbocycles. The molecule has 12 nitrogen and oxygen atoms in total. The molecule has 14 heteroatoms. The number of ether oxygens (including phenoxy) is 2. The van der Waals surface area contributed by atoms with E-state index in [1.165, 1.54) is 29.5 Å². The number of aliphatic carboxylic acids is 1. The average Bonchev–Trinajstić information content (AvgIpc) is 3.35. The van der Waals surface area contributed by atoms with Gasteiger partial charge < -0.3 is 40.1 Å². The summed E-state index contributed by atoms with van der Waals surface area (Å²) in [5, 5.41) is 65.2. The molecule has 34 heavy (non-hydrogen) atoms. The fourth-order valence-corrected chi connectivity index (χ4v) is 4.62. The molecule has 0 spiro atoms. The van der Waals surface area contributed by atoms with E-state index in [-0.39, 0.29) is 18.0 Å². The lowest BCUT2D eigenvalue weighted by Crippen LogP contribution is -2.61. The van der Waals surface area contributed by atoms with E-state index in [0.717, 1.165) is 0 Å². The Bertz CT molecular complexity index is 971. The van der Waals surface area contributed by atoms with Crippen LogP contribution < -0.4 is 0 Å². The zero-order valence-electron chi connectivity index (χ0n) is 17.7. The topological polar surface area (TPSA) is 188 Å². The smallest absolute Gasteiger partial charge is 0.335 e. The lowest BCUT2D eigenvalue weighted by atomic mass is 9.86. The zero-order chi connectivity index (χ0) is 24.8. The molecule has 6 N–H and O–H groups in total. The van der Waals surface area contributed by atoms with E-state index >= 15 is 0 Å². The lowest BCUT2D eigenvalue weighted by molar-refractivity contribution is -0.304. The Morgan fingerprint density at radius 3 is 2.56 bits per heavy atom. The number of allylic oxidation sites excluding steroid dienone is 1. The highest BCUT2D eigenvalue weighted by Crippen LogP contribution is 2.54. The number of nitrogens with zero attached hydrogens (tertiary/aromatic N) is 3.